The van der Waals surface area contributed by atoms with Crippen molar-refractivity contribution >= 4 is 26.7 Å². The highest BCUT2D eigenvalue weighted by Crippen LogP contribution is 2.50. The van der Waals surface area contributed by atoms with E-state index >= 15 is 4.39 Å². The number of rotatable bonds is 11. The molecule has 0 saturated heterocycles. The first-order valence-corrected chi connectivity index (χ1v) is 15.6. The van der Waals surface area contributed by atoms with Crippen LogP contribution in [-0.4, -0.2) is 45.3 Å². The van der Waals surface area contributed by atoms with Crippen molar-refractivity contribution in [3.63, 3.8) is 0 Å². The molecule has 0 spiro atoms. The largest absolute Gasteiger partial charge is 0.522 e. The van der Waals surface area contributed by atoms with Crippen LogP contribution in [0.5, 0.6) is 11.5 Å². The average Bonchev–Trinajstić information content (AvgIpc) is 3.62. The Morgan fingerprint density at radius 3 is 2.43 bits per heavy atom. The maximum absolute atomic E-state index is 15.4. The fourth-order valence-corrected chi connectivity index (χ4v) is 6.91. The first-order chi connectivity index (χ1) is 22.4. The maximum Gasteiger partial charge on any atom is 0.522 e. The molecular weight excluding hydrogens is 646 g/mol. The predicted octanol–water partition coefficient (Wildman–Crippen LogP) is 6.17. The van der Waals surface area contributed by atoms with Crippen molar-refractivity contribution in [2.24, 2.45) is 5.92 Å². The number of pyridine rings is 1. The smallest absolute Gasteiger partial charge is 0.497 e. The van der Waals surface area contributed by atoms with Crippen LogP contribution >= 0.6 is 0 Å². The number of fused-ring (bicyclic) bond motifs is 1. The zero-order chi connectivity index (χ0) is 33.5. The van der Waals surface area contributed by atoms with E-state index in [1.165, 1.54) is 67.5 Å². The molecule has 3 aromatic carbocycles. The van der Waals surface area contributed by atoms with Gasteiger partial charge in [-0.25, -0.2) is 17.1 Å². The van der Waals surface area contributed by atoms with E-state index in [4.69, 9.17) is 14.0 Å². The molecule has 0 N–H and O–H groups in total. The molecule has 0 bridgehead atoms. The van der Waals surface area contributed by atoms with Gasteiger partial charge in [0.05, 0.1) is 43.5 Å². The van der Waals surface area contributed by atoms with Gasteiger partial charge in [0.15, 0.2) is 5.82 Å². The molecule has 1 aliphatic carbocycles. The maximum atomic E-state index is 15.4. The summed E-state index contributed by atoms with van der Waals surface area (Å²) in [5, 5.41) is 4.18. The normalized spacial score (nSPS) is 16.3. The highest BCUT2D eigenvalue weighted by Gasteiger charge is 2.43. The Bertz CT molecular complexity index is 2080. The summed E-state index contributed by atoms with van der Waals surface area (Å²) in [6, 6.07) is 17.5. The average molecular weight is 674 g/mol. The molecule has 0 amide bonds. The van der Waals surface area contributed by atoms with Crippen LogP contribution in [0.1, 0.15) is 23.5 Å². The predicted molar refractivity (Wildman–Crippen MR) is 162 cm³/mol. The Labute approximate surface area is 265 Å². The highest BCUT2D eigenvalue weighted by atomic mass is 32.2. The molecule has 0 aliphatic heterocycles. The molecule has 1 saturated carbocycles. The van der Waals surface area contributed by atoms with Crippen LogP contribution in [0.3, 0.4) is 0 Å². The molecular formula is C32H27F4N3O7S. The second-order valence-corrected chi connectivity index (χ2v) is 12.7. The number of methoxy groups -OCH3 is 2. The van der Waals surface area contributed by atoms with Gasteiger partial charge in [0.25, 0.3) is 15.6 Å². The third-order valence-electron chi connectivity index (χ3n) is 7.94. The second-order valence-electron chi connectivity index (χ2n) is 10.8. The van der Waals surface area contributed by atoms with E-state index in [1.807, 2.05) is 0 Å². The molecule has 2 atom stereocenters. The lowest BCUT2D eigenvalue weighted by molar-refractivity contribution is -0.326. The van der Waals surface area contributed by atoms with Gasteiger partial charge in [-0.05, 0) is 71.8 Å². The van der Waals surface area contributed by atoms with Gasteiger partial charge in [-0.3, -0.25) is 14.1 Å². The van der Waals surface area contributed by atoms with Gasteiger partial charge in [0, 0.05) is 23.6 Å². The third-order valence-corrected chi connectivity index (χ3v) is 9.69. The first kappa shape index (κ1) is 32.1. The van der Waals surface area contributed by atoms with Crippen molar-refractivity contribution in [3.05, 3.63) is 106 Å². The highest BCUT2D eigenvalue weighted by molar-refractivity contribution is 7.92. The zero-order valence-corrected chi connectivity index (χ0v) is 25.7. The number of aromatic nitrogens is 2. The Morgan fingerprint density at radius 1 is 1.00 bits per heavy atom. The molecule has 10 nitrogen and oxygen atoms in total. The van der Waals surface area contributed by atoms with Crippen LogP contribution in [0, 0.1) is 11.7 Å². The number of nitrogens with zero attached hydrogens (tertiary/aromatic N) is 3. The quantitative estimate of drug-likeness (QED) is 0.153. The zero-order valence-electron chi connectivity index (χ0n) is 24.9. The molecule has 1 aliphatic rings. The number of hydrogen-bond acceptors (Lipinski definition) is 8. The van der Waals surface area contributed by atoms with Crippen molar-refractivity contribution in [1.29, 1.82) is 0 Å². The Kier molecular flexibility index (Phi) is 8.44. The van der Waals surface area contributed by atoms with Crippen molar-refractivity contribution in [2.75, 3.05) is 25.1 Å². The number of anilines is 1. The van der Waals surface area contributed by atoms with Crippen LogP contribution in [-0.2, 0) is 21.3 Å². The number of alkyl halides is 3. The van der Waals surface area contributed by atoms with E-state index < -0.39 is 46.2 Å². The molecule has 2 heterocycles. The van der Waals surface area contributed by atoms with Crippen molar-refractivity contribution in [1.82, 2.24) is 9.72 Å². The Balaban J connectivity index is 1.36. The summed E-state index contributed by atoms with van der Waals surface area (Å²) in [4.78, 5) is 13.1. The fraction of sp³-hybridized carbons (Fsp3) is 0.250. The summed E-state index contributed by atoms with van der Waals surface area (Å²) in [5.41, 5.74) is 0.535. The molecule has 1 fully saturated rings. The summed E-state index contributed by atoms with van der Waals surface area (Å²) in [5.74, 6) is -1.01. The fourth-order valence-electron chi connectivity index (χ4n) is 5.48. The minimum absolute atomic E-state index is 0.0347. The van der Waals surface area contributed by atoms with Gasteiger partial charge in [-0.1, -0.05) is 17.3 Å². The summed E-state index contributed by atoms with van der Waals surface area (Å²) >= 11 is 0. The first-order valence-electron chi connectivity index (χ1n) is 14.2. The standard InChI is InChI=1S/C32H27F4N3O7S/c1-43-22-6-3-19(4-7-22)17-38(30-11-12-46-37-30)47(41,42)23-8-9-27-20(13-23)5-10-31(40)39(27)28-16-26(33)25(15-29(28)44-2)24-14-21(24)18-45-32(34,35)36/h3-13,15-16,21,24H,14,17-18H2,1-2H3/t21-,24+/m1/s1. The molecule has 246 valence electrons. The van der Waals surface area contributed by atoms with E-state index in [0.717, 1.165) is 10.4 Å². The monoisotopic (exact) mass is 673 g/mol. The Morgan fingerprint density at radius 2 is 1.77 bits per heavy atom. The van der Waals surface area contributed by atoms with Crippen LogP contribution < -0.4 is 19.3 Å². The van der Waals surface area contributed by atoms with Gasteiger partial charge in [-0.15, -0.1) is 13.2 Å². The van der Waals surface area contributed by atoms with Gasteiger partial charge >= 0.3 is 6.36 Å². The molecule has 0 radical (unpaired) electrons. The molecule has 47 heavy (non-hydrogen) atoms. The minimum atomic E-state index is -4.78. The molecule has 2 aromatic heterocycles. The van der Waals surface area contributed by atoms with Crippen LogP contribution in [0.2, 0.25) is 0 Å². The second kappa shape index (κ2) is 12.4. The van der Waals surface area contributed by atoms with Crippen molar-refractivity contribution in [3.8, 4) is 17.2 Å². The third kappa shape index (κ3) is 6.53. The van der Waals surface area contributed by atoms with Gasteiger partial charge in [0.2, 0.25) is 0 Å². The summed E-state index contributed by atoms with van der Waals surface area (Å²) in [7, 11) is -1.40. The Hall–Kier alpha value is -4.89. The number of halogens is 4. The molecule has 0 unspecified atom stereocenters. The number of ether oxygens (including phenoxy) is 3. The van der Waals surface area contributed by atoms with E-state index in [2.05, 4.69) is 9.89 Å². The SMILES string of the molecule is COc1ccc(CN(c2ccon2)S(=O)(=O)c2ccc3c(ccc(=O)n3-c3cc(F)c([C@H]4C[C@@H]4COC(F)(F)F)cc3OC)c2)cc1. The lowest BCUT2D eigenvalue weighted by atomic mass is 10.1. The van der Waals surface area contributed by atoms with Gasteiger partial charge in [0.1, 0.15) is 23.6 Å². The lowest BCUT2D eigenvalue weighted by Crippen LogP contribution is -2.31. The molecule has 5 aromatic rings. The number of benzene rings is 3. The van der Waals surface area contributed by atoms with E-state index in [9.17, 15) is 26.4 Å². The van der Waals surface area contributed by atoms with Crippen LogP contribution in [0.15, 0.2) is 93.3 Å². The summed E-state index contributed by atoms with van der Waals surface area (Å²) in [6.07, 6.45) is -3.24. The van der Waals surface area contributed by atoms with Crippen LogP contribution in [0.25, 0.3) is 16.6 Å². The van der Waals surface area contributed by atoms with E-state index in [1.54, 1.807) is 24.3 Å². The van der Waals surface area contributed by atoms with E-state index in [-0.39, 0.29) is 39.8 Å². The van der Waals surface area contributed by atoms with Crippen LogP contribution in [0.4, 0.5) is 23.4 Å². The van der Waals surface area contributed by atoms with Gasteiger partial charge in [-0.2, -0.15) is 0 Å². The van der Waals surface area contributed by atoms with Gasteiger partial charge < -0.3 is 14.0 Å². The molecule has 15 heteroatoms. The number of sulfonamides is 1. The minimum Gasteiger partial charge on any atom is -0.497 e. The topological polar surface area (TPSA) is 113 Å². The van der Waals surface area contributed by atoms with E-state index in [0.29, 0.717) is 23.1 Å². The molecule has 6 rings (SSSR count). The summed E-state index contributed by atoms with van der Waals surface area (Å²) in [6.45, 7) is -0.677. The van der Waals surface area contributed by atoms with Crippen molar-refractivity contribution < 1.29 is 44.7 Å². The lowest BCUT2D eigenvalue weighted by Gasteiger charge is -2.22. The number of hydrogen-bond donors (Lipinski definition) is 0. The summed E-state index contributed by atoms with van der Waals surface area (Å²) < 4.78 is 103. The van der Waals surface area contributed by atoms with Crippen molar-refractivity contribution in [2.45, 2.75) is 30.1 Å².